The zero-order chi connectivity index (χ0) is 19.8. The van der Waals surface area contributed by atoms with Crippen LogP contribution in [0.3, 0.4) is 0 Å². The summed E-state index contributed by atoms with van der Waals surface area (Å²) >= 11 is 0. The van der Waals surface area contributed by atoms with Gasteiger partial charge >= 0.3 is 18.5 Å². The molecule has 2 aromatic rings. The van der Waals surface area contributed by atoms with Gasteiger partial charge in [0.2, 0.25) is 0 Å². The van der Waals surface area contributed by atoms with Gasteiger partial charge in [0.15, 0.2) is 5.71 Å². The summed E-state index contributed by atoms with van der Waals surface area (Å²) in [5, 5.41) is 0. The lowest BCUT2D eigenvalue weighted by Crippen LogP contribution is -2.23. The quantitative estimate of drug-likeness (QED) is 0.419. The molecular formula is C16H8F9N. The minimum atomic E-state index is -5.18. The Balaban J connectivity index is 2.70. The first-order valence-electron chi connectivity index (χ1n) is 6.79. The minimum absolute atomic E-state index is 0.129. The third-order valence-electron chi connectivity index (χ3n) is 3.13. The predicted molar refractivity (Wildman–Crippen MR) is 75.1 cm³/mol. The molecule has 0 saturated carbocycles. The highest BCUT2D eigenvalue weighted by Gasteiger charge is 2.39. The van der Waals surface area contributed by atoms with Gasteiger partial charge in [-0.05, 0) is 18.2 Å². The van der Waals surface area contributed by atoms with E-state index < -0.39 is 46.6 Å². The molecule has 0 atom stereocenters. The van der Waals surface area contributed by atoms with Crippen LogP contribution in [0.5, 0.6) is 0 Å². The Morgan fingerprint density at radius 2 is 1.12 bits per heavy atom. The SMILES string of the molecule is FC(F)(F)C(=Nc1cc(C(F)(F)F)cc(C(F)(F)F)c1)c1ccccc1. The molecule has 0 radical (unpaired) electrons. The van der Waals surface area contributed by atoms with Gasteiger partial charge in [-0.25, -0.2) is 4.99 Å². The molecule has 0 aliphatic heterocycles. The summed E-state index contributed by atoms with van der Waals surface area (Å²) in [6, 6.07) is 5.90. The number of halogens is 9. The molecule has 0 aliphatic carbocycles. The van der Waals surface area contributed by atoms with E-state index in [0.29, 0.717) is 0 Å². The van der Waals surface area contributed by atoms with Crippen molar-refractivity contribution in [2.75, 3.05) is 0 Å². The highest BCUT2D eigenvalue weighted by atomic mass is 19.4. The van der Waals surface area contributed by atoms with E-state index in [-0.39, 0.29) is 18.2 Å². The lowest BCUT2D eigenvalue weighted by Gasteiger charge is -2.14. The molecule has 0 aromatic heterocycles. The van der Waals surface area contributed by atoms with Crippen molar-refractivity contribution in [1.82, 2.24) is 0 Å². The standard InChI is InChI=1S/C16H8F9N/c17-14(18,19)10-6-11(15(20,21)22)8-12(7-10)26-13(16(23,24)25)9-4-2-1-3-5-9/h1-8H. The largest absolute Gasteiger partial charge is 0.433 e. The molecule has 0 bridgehead atoms. The molecule has 0 unspecified atom stereocenters. The van der Waals surface area contributed by atoms with Crippen molar-refractivity contribution >= 4 is 11.4 Å². The topological polar surface area (TPSA) is 12.4 Å². The van der Waals surface area contributed by atoms with Crippen molar-refractivity contribution in [3.05, 3.63) is 65.2 Å². The summed E-state index contributed by atoms with van der Waals surface area (Å²) in [7, 11) is 0. The van der Waals surface area contributed by atoms with E-state index in [4.69, 9.17) is 0 Å². The van der Waals surface area contributed by atoms with Gasteiger partial charge in [-0.1, -0.05) is 30.3 Å². The molecule has 1 nitrogen and oxygen atoms in total. The van der Waals surface area contributed by atoms with Crippen LogP contribution in [-0.2, 0) is 12.4 Å². The first-order chi connectivity index (χ1) is 11.8. The number of rotatable bonds is 2. The average molecular weight is 385 g/mol. The summed E-state index contributed by atoms with van der Waals surface area (Å²) in [6.07, 6.45) is -15.5. The number of nitrogens with zero attached hydrogens (tertiary/aromatic N) is 1. The van der Waals surface area contributed by atoms with Crippen molar-refractivity contribution in [2.24, 2.45) is 4.99 Å². The van der Waals surface area contributed by atoms with E-state index in [2.05, 4.69) is 4.99 Å². The fourth-order valence-electron chi connectivity index (χ4n) is 2.02. The summed E-state index contributed by atoms with van der Waals surface area (Å²) in [4.78, 5) is 3.04. The van der Waals surface area contributed by atoms with Crippen LogP contribution in [0.4, 0.5) is 45.2 Å². The van der Waals surface area contributed by atoms with E-state index >= 15 is 0 Å². The molecule has 0 fully saturated rings. The highest BCUT2D eigenvalue weighted by Crippen LogP contribution is 2.39. The predicted octanol–water partition coefficient (Wildman–Crippen LogP) is 6.41. The molecular weight excluding hydrogens is 377 g/mol. The molecule has 0 amide bonds. The molecule has 0 N–H and O–H groups in total. The molecule has 0 aliphatic rings. The van der Waals surface area contributed by atoms with Gasteiger partial charge in [-0.15, -0.1) is 0 Å². The van der Waals surface area contributed by atoms with Crippen molar-refractivity contribution in [2.45, 2.75) is 18.5 Å². The number of hydrogen-bond donors (Lipinski definition) is 0. The Morgan fingerprint density at radius 3 is 1.50 bits per heavy atom. The molecule has 0 saturated heterocycles. The summed E-state index contributed by atoms with van der Waals surface area (Å²) < 4.78 is 116. The second kappa shape index (κ2) is 6.65. The molecule has 2 rings (SSSR count). The van der Waals surface area contributed by atoms with Gasteiger partial charge < -0.3 is 0 Å². The fraction of sp³-hybridized carbons (Fsp3) is 0.188. The lowest BCUT2D eigenvalue weighted by atomic mass is 10.1. The number of alkyl halides is 9. The monoisotopic (exact) mass is 385 g/mol. The van der Waals surface area contributed by atoms with Crippen LogP contribution in [0.25, 0.3) is 0 Å². The first kappa shape index (κ1) is 19.8. The van der Waals surface area contributed by atoms with Gasteiger partial charge in [0.25, 0.3) is 0 Å². The zero-order valence-corrected chi connectivity index (χ0v) is 12.5. The maximum absolute atomic E-state index is 13.2. The summed E-state index contributed by atoms with van der Waals surface area (Å²) in [5.74, 6) is 0. The third-order valence-corrected chi connectivity index (χ3v) is 3.13. The molecule has 10 heteroatoms. The van der Waals surface area contributed by atoms with Crippen LogP contribution in [0.1, 0.15) is 16.7 Å². The second-order valence-corrected chi connectivity index (χ2v) is 5.09. The Bertz CT molecular complexity index is 767. The van der Waals surface area contributed by atoms with E-state index in [1.807, 2.05) is 0 Å². The molecule has 0 heterocycles. The van der Waals surface area contributed by atoms with E-state index in [0.717, 1.165) is 12.1 Å². The number of benzene rings is 2. The number of aliphatic imine (C=N–C) groups is 1. The lowest BCUT2D eigenvalue weighted by molar-refractivity contribution is -0.143. The molecule has 140 valence electrons. The third kappa shape index (κ3) is 4.77. The van der Waals surface area contributed by atoms with Crippen molar-refractivity contribution < 1.29 is 39.5 Å². The van der Waals surface area contributed by atoms with Crippen molar-refractivity contribution in [3.63, 3.8) is 0 Å². The van der Waals surface area contributed by atoms with E-state index in [9.17, 15) is 39.5 Å². The Hall–Kier alpha value is -2.52. The normalized spacial score (nSPS) is 13.8. The maximum Gasteiger partial charge on any atom is 0.433 e. The smallest absolute Gasteiger partial charge is 0.243 e. The van der Waals surface area contributed by atoms with Crippen LogP contribution in [0, 0.1) is 0 Å². The number of hydrogen-bond acceptors (Lipinski definition) is 1. The van der Waals surface area contributed by atoms with Gasteiger partial charge in [0.05, 0.1) is 16.8 Å². The van der Waals surface area contributed by atoms with Gasteiger partial charge in [0.1, 0.15) is 0 Å². The first-order valence-corrected chi connectivity index (χ1v) is 6.79. The van der Waals surface area contributed by atoms with Gasteiger partial charge in [-0.3, -0.25) is 0 Å². The van der Waals surface area contributed by atoms with Gasteiger partial charge in [-0.2, -0.15) is 39.5 Å². The maximum atomic E-state index is 13.2. The van der Waals surface area contributed by atoms with Crippen LogP contribution >= 0.6 is 0 Å². The van der Waals surface area contributed by atoms with Crippen LogP contribution in [0.15, 0.2) is 53.5 Å². The molecule has 2 aromatic carbocycles. The van der Waals surface area contributed by atoms with Crippen LogP contribution in [0.2, 0.25) is 0 Å². The fourth-order valence-corrected chi connectivity index (χ4v) is 2.02. The average Bonchev–Trinajstić information content (AvgIpc) is 2.50. The molecule has 26 heavy (non-hydrogen) atoms. The molecule has 0 spiro atoms. The van der Waals surface area contributed by atoms with Crippen LogP contribution < -0.4 is 0 Å². The van der Waals surface area contributed by atoms with E-state index in [1.165, 1.54) is 18.2 Å². The second-order valence-electron chi connectivity index (χ2n) is 5.09. The Kier molecular flexibility index (Phi) is 5.07. The van der Waals surface area contributed by atoms with Gasteiger partial charge in [0, 0.05) is 5.56 Å². The Labute approximate surface area is 140 Å². The zero-order valence-electron chi connectivity index (χ0n) is 12.5. The summed E-state index contributed by atoms with van der Waals surface area (Å²) in [5.41, 5.74) is -6.71. The van der Waals surface area contributed by atoms with Crippen molar-refractivity contribution in [3.8, 4) is 0 Å². The highest BCUT2D eigenvalue weighted by molar-refractivity contribution is 6.05. The summed E-state index contributed by atoms with van der Waals surface area (Å²) in [6.45, 7) is 0. The van der Waals surface area contributed by atoms with Crippen molar-refractivity contribution in [1.29, 1.82) is 0 Å². The van der Waals surface area contributed by atoms with Crippen LogP contribution in [-0.4, -0.2) is 11.9 Å². The minimum Gasteiger partial charge on any atom is -0.243 e. The van der Waals surface area contributed by atoms with E-state index in [1.54, 1.807) is 0 Å². The Morgan fingerprint density at radius 1 is 0.654 bits per heavy atom.